The number of carbonyl (C=O) groups excluding carboxylic acids is 2. The Morgan fingerprint density at radius 1 is 1.26 bits per heavy atom. The highest BCUT2D eigenvalue weighted by Crippen LogP contribution is 2.37. The summed E-state index contributed by atoms with van der Waals surface area (Å²) in [6, 6.07) is 6.72. The molecule has 0 saturated carbocycles. The maximum absolute atomic E-state index is 15.0. The summed E-state index contributed by atoms with van der Waals surface area (Å²) >= 11 is 6.14. The number of carbonyl (C=O) groups is 2. The number of aryl methyl sites for hydroxylation is 1. The fourth-order valence-corrected chi connectivity index (χ4v) is 3.34. The number of phenols is 1. The Bertz CT molecular complexity index is 951. The van der Waals surface area contributed by atoms with E-state index in [0.717, 1.165) is 5.56 Å². The van der Waals surface area contributed by atoms with E-state index < -0.39 is 29.5 Å². The van der Waals surface area contributed by atoms with E-state index in [4.69, 9.17) is 21.1 Å². The minimum atomic E-state index is -1.10. The minimum absolute atomic E-state index is 0.00401. The van der Waals surface area contributed by atoms with Gasteiger partial charge in [0.05, 0.1) is 24.1 Å². The van der Waals surface area contributed by atoms with Crippen LogP contribution in [0.5, 0.6) is 5.75 Å². The molecule has 0 bridgehead atoms. The lowest BCUT2D eigenvalue weighted by Gasteiger charge is -2.24. The molecule has 2 rings (SSSR count). The van der Waals surface area contributed by atoms with Crippen molar-refractivity contribution in [1.29, 1.82) is 0 Å². The third-order valence-electron chi connectivity index (χ3n) is 4.34. The van der Waals surface area contributed by atoms with Gasteiger partial charge in [-0.25, -0.2) is 9.18 Å². The van der Waals surface area contributed by atoms with Crippen LogP contribution in [0.3, 0.4) is 0 Å². The van der Waals surface area contributed by atoms with E-state index in [0.29, 0.717) is 11.1 Å². The topological polar surface area (TPSA) is 84.9 Å². The lowest BCUT2D eigenvalue weighted by atomic mass is 9.94. The van der Waals surface area contributed by atoms with Crippen LogP contribution in [0, 0.1) is 12.7 Å². The van der Waals surface area contributed by atoms with Crippen molar-refractivity contribution in [2.45, 2.75) is 52.7 Å². The second-order valence-electron chi connectivity index (χ2n) is 8.04. The molecule has 2 aromatic carbocycles. The number of aromatic hydroxyl groups is 1. The Kier molecular flexibility index (Phi) is 7.90. The Hall–Kier alpha value is -2.80. The quantitative estimate of drug-likeness (QED) is 0.552. The first kappa shape index (κ1) is 24.5. The van der Waals surface area contributed by atoms with Gasteiger partial charge in [0.2, 0.25) is 0 Å². The minimum Gasteiger partial charge on any atom is -0.507 e. The summed E-state index contributed by atoms with van der Waals surface area (Å²) in [5, 5.41) is 12.6. The molecular formula is C23H27ClFNO5. The first-order valence-corrected chi connectivity index (χ1v) is 10.2. The van der Waals surface area contributed by atoms with Crippen LogP contribution in [0.2, 0.25) is 5.02 Å². The van der Waals surface area contributed by atoms with Gasteiger partial charge in [0.25, 0.3) is 0 Å². The van der Waals surface area contributed by atoms with Crippen molar-refractivity contribution in [1.82, 2.24) is 5.32 Å². The number of rotatable bonds is 6. The van der Waals surface area contributed by atoms with Crippen LogP contribution in [-0.2, 0) is 14.3 Å². The van der Waals surface area contributed by atoms with Crippen molar-refractivity contribution in [3.63, 3.8) is 0 Å². The Labute approximate surface area is 186 Å². The van der Waals surface area contributed by atoms with Crippen LogP contribution in [0.1, 0.15) is 51.3 Å². The van der Waals surface area contributed by atoms with Gasteiger partial charge in [-0.2, -0.15) is 0 Å². The summed E-state index contributed by atoms with van der Waals surface area (Å²) in [4.78, 5) is 24.5. The first-order chi connectivity index (χ1) is 14.4. The molecule has 0 radical (unpaired) electrons. The van der Waals surface area contributed by atoms with Gasteiger partial charge in [0, 0.05) is 11.1 Å². The predicted molar refractivity (Wildman–Crippen MR) is 117 cm³/mol. The van der Waals surface area contributed by atoms with E-state index in [1.165, 1.54) is 18.2 Å². The molecule has 1 atom stereocenters. The molecular weight excluding hydrogens is 425 g/mol. The van der Waals surface area contributed by atoms with Gasteiger partial charge in [0.1, 0.15) is 17.2 Å². The summed E-state index contributed by atoms with van der Waals surface area (Å²) < 4.78 is 25.3. The largest absolute Gasteiger partial charge is 0.507 e. The number of esters is 1. The maximum atomic E-state index is 15.0. The third kappa shape index (κ3) is 6.59. The number of alkyl carbamates (subject to hydrolysis) is 1. The van der Waals surface area contributed by atoms with Gasteiger partial charge in [-0.15, -0.1) is 0 Å². The summed E-state index contributed by atoms with van der Waals surface area (Å²) in [5.74, 6) is -1.41. The van der Waals surface area contributed by atoms with E-state index in [-0.39, 0.29) is 29.4 Å². The second-order valence-corrected chi connectivity index (χ2v) is 8.45. The zero-order valence-corrected chi connectivity index (χ0v) is 19.0. The lowest BCUT2D eigenvalue weighted by Crippen LogP contribution is -2.36. The molecule has 0 heterocycles. The molecule has 0 aliphatic carbocycles. The fraction of sp³-hybridized carbons (Fsp3) is 0.391. The van der Waals surface area contributed by atoms with Crippen LogP contribution < -0.4 is 5.32 Å². The molecule has 6 nitrogen and oxygen atoms in total. The second kappa shape index (κ2) is 10.0. The van der Waals surface area contributed by atoms with E-state index >= 15 is 4.39 Å². The van der Waals surface area contributed by atoms with E-state index in [9.17, 15) is 14.7 Å². The van der Waals surface area contributed by atoms with Crippen LogP contribution in [-0.4, -0.2) is 29.4 Å². The van der Waals surface area contributed by atoms with E-state index in [1.807, 2.05) is 0 Å². The zero-order chi connectivity index (χ0) is 23.3. The third-order valence-corrected chi connectivity index (χ3v) is 4.61. The fourth-order valence-electron chi connectivity index (χ4n) is 3.11. The normalized spacial score (nSPS) is 12.2. The number of phenolic OH excluding ortho intramolecular Hbond substituents is 1. The summed E-state index contributed by atoms with van der Waals surface area (Å²) in [7, 11) is 0. The molecule has 2 aromatic rings. The molecule has 0 unspecified atom stereocenters. The van der Waals surface area contributed by atoms with Gasteiger partial charge in [-0.3, -0.25) is 4.79 Å². The van der Waals surface area contributed by atoms with Crippen molar-refractivity contribution in [2.24, 2.45) is 0 Å². The summed E-state index contributed by atoms with van der Waals surface area (Å²) in [6.45, 7) is 8.64. The Balaban J connectivity index is 2.54. The monoisotopic (exact) mass is 451 g/mol. The molecule has 0 spiro atoms. The van der Waals surface area contributed by atoms with Crippen molar-refractivity contribution in [3.8, 4) is 16.9 Å². The lowest BCUT2D eigenvalue weighted by molar-refractivity contribution is -0.143. The molecule has 0 saturated heterocycles. The number of benzene rings is 2. The number of amides is 1. The van der Waals surface area contributed by atoms with Gasteiger partial charge < -0.3 is 19.9 Å². The number of ether oxygens (including phenoxy) is 2. The molecule has 31 heavy (non-hydrogen) atoms. The van der Waals surface area contributed by atoms with Gasteiger partial charge >= 0.3 is 12.1 Å². The standard InChI is InChI=1S/C23H27ClFNO5/c1-6-30-19(28)12-17(26-22(29)31-23(3,4)5)15-10-14(11-16(24)21(15)25)20-13(2)8-7-9-18(20)27/h7-11,17,27H,6,12H2,1-5H3,(H,26,29)/t17-/m0/s1. The molecule has 8 heteroatoms. The smallest absolute Gasteiger partial charge is 0.408 e. The average molecular weight is 452 g/mol. The molecule has 1 amide bonds. The van der Waals surface area contributed by atoms with Crippen LogP contribution in [0.15, 0.2) is 30.3 Å². The Morgan fingerprint density at radius 2 is 1.94 bits per heavy atom. The number of hydrogen-bond acceptors (Lipinski definition) is 5. The van der Waals surface area contributed by atoms with E-state index in [1.54, 1.807) is 46.8 Å². The molecule has 0 aliphatic rings. The first-order valence-electron chi connectivity index (χ1n) is 9.86. The van der Waals surface area contributed by atoms with Gasteiger partial charge in [-0.1, -0.05) is 23.7 Å². The molecule has 168 valence electrons. The predicted octanol–water partition coefficient (Wildman–Crippen LogP) is 5.68. The highest BCUT2D eigenvalue weighted by atomic mass is 35.5. The van der Waals surface area contributed by atoms with Crippen molar-refractivity contribution < 1.29 is 28.6 Å². The summed E-state index contributed by atoms with van der Waals surface area (Å²) in [6.07, 6.45) is -1.15. The highest BCUT2D eigenvalue weighted by molar-refractivity contribution is 6.31. The zero-order valence-electron chi connectivity index (χ0n) is 18.2. The number of hydrogen-bond donors (Lipinski definition) is 2. The molecule has 0 fully saturated rings. The maximum Gasteiger partial charge on any atom is 0.408 e. The van der Waals surface area contributed by atoms with Gasteiger partial charge in [-0.05, 0) is 63.9 Å². The molecule has 2 N–H and O–H groups in total. The van der Waals surface area contributed by atoms with Crippen molar-refractivity contribution in [3.05, 3.63) is 52.3 Å². The van der Waals surface area contributed by atoms with Crippen LogP contribution in [0.4, 0.5) is 9.18 Å². The average Bonchev–Trinajstić information content (AvgIpc) is 2.62. The van der Waals surface area contributed by atoms with Crippen LogP contribution >= 0.6 is 11.6 Å². The van der Waals surface area contributed by atoms with E-state index in [2.05, 4.69) is 5.32 Å². The van der Waals surface area contributed by atoms with Gasteiger partial charge in [0.15, 0.2) is 0 Å². The van der Waals surface area contributed by atoms with Crippen molar-refractivity contribution >= 4 is 23.7 Å². The Morgan fingerprint density at radius 3 is 2.52 bits per heavy atom. The van der Waals surface area contributed by atoms with Crippen molar-refractivity contribution in [2.75, 3.05) is 6.61 Å². The summed E-state index contributed by atoms with van der Waals surface area (Å²) in [5.41, 5.74) is 0.846. The number of halogens is 2. The highest BCUT2D eigenvalue weighted by Gasteiger charge is 2.27. The SMILES string of the molecule is CCOC(=O)C[C@H](NC(=O)OC(C)(C)C)c1cc(-c2c(C)cccc2O)cc(Cl)c1F. The molecule has 0 aromatic heterocycles. The van der Waals surface area contributed by atoms with Crippen LogP contribution in [0.25, 0.3) is 11.1 Å². The number of nitrogens with one attached hydrogen (secondary N) is 1. The molecule has 0 aliphatic heterocycles.